The quantitative estimate of drug-likeness (QED) is 0.597. The maximum atomic E-state index is 12.8. The summed E-state index contributed by atoms with van der Waals surface area (Å²) in [6.07, 6.45) is 0.752. The zero-order valence-corrected chi connectivity index (χ0v) is 16.1. The van der Waals surface area contributed by atoms with Crippen molar-refractivity contribution in [2.45, 2.75) is 83.9 Å². The molecule has 1 saturated heterocycles. The third-order valence-electron chi connectivity index (χ3n) is 7.70. The highest BCUT2D eigenvalue weighted by Crippen LogP contribution is 2.58. The molecule has 26 heavy (non-hydrogen) atoms. The minimum Gasteiger partial charge on any atom is -0.455 e. The summed E-state index contributed by atoms with van der Waals surface area (Å²) in [5, 5.41) is 10.5. The van der Waals surface area contributed by atoms with Gasteiger partial charge in [0.25, 0.3) is 0 Å². The molecule has 0 spiro atoms. The van der Waals surface area contributed by atoms with Gasteiger partial charge in [-0.05, 0) is 51.9 Å². The summed E-state index contributed by atoms with van der Waals surface area (Å²) in [5.41, 5.74) is -0.0505. The molecule has 1 N–H and O–H groups in total. The third-order valence-corrected chi connectivity index (χ3v) is 7.70. The maximum absolute atomic E-state index is 12.8. The van der Waals surface area contributed by atoms with Crippen molar-refractivity contribution in [1.29, 1.82) is 0 Å². The minimum absolute atomic E-state index is 0.0543. The molecular formula is C20H28O6. The predicted molar refractivity (Wildman–Crippen MR) is 92.0 cm³/mol. The molecule has 0 radical (unpaired) electrons. The van der Waals surface area contributed by atoms with Gasteiger partial charge in [-0.15, -0.1) is 0 Å². The van der Waals surface area contributed by atoms with E-state index in [0.717, 1.165) is 24.8 Å². The molecule has 0 aromatic rings. The van der Waals surface area contributed by atoms with E-state index in [1.807, 2.05) is 13.8 Å². The fourth-order valence-corrected chi connectivity index (χ4v) is 5.28. The van der Waals surface area contributed by atoms with Gasteiger partial charge in [-0.2, -0.15) is 0 Å². The molecule has 144 valence electrons. The summed E-state index contributed by atoms with van der Waals surface area (Å²) in [7, 11) is 0. The average Bonchev–Trinajstić information content (AvgIpc) is 3.11. The number of aliphatic hydroxyl groups is 1. The van der Waals surface area contributed by atoms with Crippen LogP contribution in [0.5, 0.6) is 0 Å². The molecule has 8 atom stereocenters. The van der Waals surface area contributed by atoms with Crippen LogP contribution >= 0.6 is 0 Å². The largest absolute Gasteiger partial charge is 0.455 e. The second-order valence-corrected chi connectivity index (χ2v) is 8.86. The number of ether oxygens (including phenoxy) is 3. The number of hydrogen-bond donors (Lipinski definition) is 1. The molecule has 6 heteroatoms. The van der Waals surface area contributed by atoms with Crippen molar-refractivity contribution in [3.05, 3.63) is 11.1 Å². The predicted octanol–water partition coefficient (Wildman–Crippen LogP) is 2.13. The van der Waals surface area contributed by atoms with Gasteiger partial charge in [0, 0.05) is 16.6 Å². The standard InChI is InChI=1S/C20H28O6/c1-9-15-14(24-17(9)22)8-12-6-7-13(21)10(2)19(12,4)16(15)25-18(23)20(5)11(3)26-20/h10-14,16,21H,6-8H2,1-5H3/t10-,11-,12+,13-,14+,16+,19+,20-/m0/s1. The van der Waals surface area contributed by atoms with E-state index in [4.69, 9.17) is 14.2 Å². The highest BCUT2D eigenvalue weighted by Gasteiger charge is 2.63. The Morgan fingerprint density at radius 3 is 2.54 bits per heavy atom. The zero-order valence-electron chi connectivity index (χ0n) is 16.1. The molecule has 2 aliphatic carbocycles. The minimum atomic E-state index is -0.923. The molecule has 2 aliphatic heterocycles. The van der Waals surface area contributed by atoms with Crippen LogP contribution in [-0.2, 0) is 23.8 Å². The van der Waals surface area contributed by atoms with Crippen molar-refractivity contribution in [3.8, 4) is 0 Å². The number of epoxide rings is 1. The fourth-order valence-electron chi connectivity index (χ4n) is 5.28. The first-order valence-electron chi connectivity index (χ1n) is 9.59. The average molecular weight is 364 g/mol. The number of hydrogen-bond acceptors (Lipinski definition) is 6. The molecule has 0 aromatic carbocycles. The van der Waals surface area contributed by atoms with Gasteiger partial charge in [-0.1, -0.05) is 13.8 Å². The number of carbonyl (C=O) groups is 2. The first-order valence-corrected chi connectivity index (χ1v) is 9.59. The molecule has 0 unspecified atom stereocenters. The van der Waals surface area contributed by atoms with Crippen molar-refractivity contribution in [1.82, 2.24) is 0 Å². The summed E-state index contributed by atoms with van der Waals surface area (Å²) in [6.45, 7) is 9.42. The molecular weight excluding hydrogens is 336 g/mol. The number of carbonyl (C=O) groups excluding carboxylic acids is 2. The van der Waals surface area contributed by atoms with Crippen LogP contribution in [0.15, 0.2) is 11.1 Å². The molecule has 4 rings (SSSR count). The van der Waals surface area contributed by atoms with Gasteiger partial charge in [0.2, 0.25) is 0 Å². The number of rotatable bonds is 2. The van der Waals surface area contributed by atoms with E-state index in [-0.39, 0.29) is 30.0 Å². The van der Waals surface area contributed by atoms with Gasteiger partial charge in [-0.3, -0.25) is 0 Å². The van der Waals surface area contributed by atoms with Crippen LogP contribution in [0.2, 0.25) is 0 Å². The summed E-state index contributed by atoms with van der Waals surface area (Å²) in [5.74, 6) is -0.566. The normalized spacial score (nSPS) is 50.0. The van der Waals surface area contributed by atoms with Gasteiger partial charge in [-0.25, -0.2) is 9.59 Å². The lowest BCUT2D eigenvalue weighted by Gasteiger charge is -2.56. The monoisotopic (exact) mass is 364 g/mol. The van der Waals surface area contributed by atoms with Crippen LogP contribution in [0.1, 0.15) is 53.9 Å². The first kappa shape index (κ1) is 18.0. The van der Waals surface area contributed by atoms with Crippen molar-refractivity contribution in [2.24, 2.45) is 17.3 Å². The molecule has 0 aromatic heterocycles. The lowest BCUT2D eigenvalue weighted by atomic mass is 9.52. The number of aliphatic hydroxyl groups excluding tert-OH is 1. The molecule has 3 fully saturated rings. The van der Waals surface area contributed by atoms with E-state index < -0.39 is 29.2 Å². The Labute approximate surface area is 153 Å². The lowest BCUT2D eigenvalue weighted by Crippen LogP contribution is -2.58. The van der Waals surface area contributed by atoms with Crippen LogP contribution in [-0.4, -0.2) is 47.1 Å². The summed E-state index contributed by atoms with van der Waals surface area (Å²) in [4.78, 5) is 25.0. The van der Waals surface area contributed by atoms with Crippen molar-refractivity contribution < 1.29 is 28.9 Å². The van der Waals surface area contributed by atoms with Crippen molar-refractivity contribution >= 4 is 11.9 Å². The molecule has 4 aliphatic rings. The summed E-state index contributed by atoms with van der Waals surface area (Å²) in [6, 6.07) is 0. The van der Waals surface area contributed by atoms with Crippen LogP contribution < -0.4 is 0 Å². The molecule has 6 nitrogen and oxygen atoms in total. The van der Waals surface area contributed by atoms with E-state index in [2.05, 4.69) is 6.92 Å². The van der Waals surface area contributed by atoms with E-state index in [1.165, 1.54) is 0 Å². The zero-order chi connectivity index (χ0) is 19.0. The number of esters is 2. The lowest BCUT2D eigenvalue weighted by molar-refractivity contribution is -0.182. The Bertz CT molecular complexity index is 698. The second kappa shape index (κ2) is 5.55. The fraction of sp³-hybridized carbons (Fsp3) is 0.800. The van der Waals surface area contributed by atoms with Crippen molar-refractivity contribution in [2.75, 3.05) is 0 Å². The van der Waals surface area contributed by atoms with Gasteiger partial charge in [0.05, 0.1) is 12.2 Å². The van der Waals surface area contributed by atoms with E-state index in [9.17, 15) is 14.7 Å². The summed E-state index contributed by atoms with van der Waals surface area (Å²) < 4.78 is 17.1. The van der Waals surface area contributed by atoms with E-state index in [0.29, 0.717) is 5.57 Å². The SMILES string of the molecule is CC1=C2[C@@H](OC(=O)[C@@]3(C)O[C@H]3C)[C@@]3(C)[C@H](CC[C@H](O)[C@@H]3C)C[C@H]2OC1=O. The van der Waals surface area contributed by atoms with Gasteiger partial charge in [0.15, 0.2) is 5.60 Å². The maximum Gasteiger partial charge on any atom is 0.341 e. The first-order chi connectivity index (χ1) is 12.1. The van der Waals surface area contributed by atoms with Crippen LogP contribution in [0.4, 0.5) is 0 Å². The van der Waals surface area contributed by atoms with Gasteiger partial charge < -0.3 is 19.3 Å². The van der Waals surface area contributed by atoms with Crippen LogP contribution in [0.25, 0.3) is 0 Å². The van der Waals surface area contributed by atoms with E-state index >= 15 is 0 Å². The molecule has 2 heterocycles. The Hall–Kier alpha value is -1.40. The highest BCUT2D eigenvalue weighted by molar-refractivity contribution is 5.92. The van der Waals surface area contributed by atoms with Gasteiger partial charge in [0.1, 0.15) is 12.2 Å². The number of fused-ring (bicyclic) bond motifs is 2. The third kappa shape index (κ3) is 2.24. The highest BCUT2D eigenvalue weighted by atomic mass is 16.7. The Morgan fingerprint density at radius 2 is 1.92 bits per heavy atom. The molecule has 0 amide bonds. The smallest absolute Gasteiger partial charge is 0.341 e. The Balaban J connectivity index is 1.76. The Kier molecular flexibility index (Phi) is 3.84. The summed E-state index contributed by atoms with van der Waals surface area (Å²) >= 11 is 0. The molecule has 2 saturated carbocycles. The second-order valence-electron chi connectivity index (χ2n) is 8.86. The van der Waals surface area contributed by atoms with Gasteiger partial charge >= 0.3 is 11.9 Å². The van der Waals surface area contributed by atoms with Crippen molar-refractivity contribution in [3.63, 3.8) is 0 Å². The van der Waals surface area contributed by atoms with Crippen LogP contribution in [0, 0.1) is 17.3 Å². The Morgan fingerprint density at radius 1 is 1.27 bits per heavy atom. The van der Waals surface area contributed by atoms with E-state index in [1.54, 1.807) is 13.8 Å². The molecule has 0 bridgehead atoms. The topological polar surface area (TPSA) is 85.4 Å². The van der Waals surface area contributed by atoms with Crippen LogP contribution in [0.3, 0.4) is 0 Å².